The van der Waals surface area contributed by atoms with E-state index in [1.54, 1.807) is 12.4 Å². The molecule has 1 fully saturated rings. The van der Waals surface area contributed by atoms with Gasteiger partial charge in [0.1, 0.15) is 0 Å². The molecule has 0 amide bonds. The SMILES string of the molecule is CN(C)S(=O)(=O)N1CCC[C@H](c2cncc(-c3cncc(C(=O)O)c3)n2)C1. The molecule has 9 nitrogen and oxygen atoms in total. The highest BCUT2D eigenvalue weighted by Crippen LogP contribution is 2.28. The van der Waals surface area contributed by atoms with Crippen LogP contribution in [0.3, 0.4) is 0 Å². The summed E-state index contributed by atoms with van der Waals surface area (Å²) in [6.45, 7) is 0.820. The standard InChI is InChI=1S/C17H21N5O4S/c1-21(2)27(25,26)22-5-3-4-12(11-22)15-9-19-10-16(20-15)13-6-14(17(23)24)8-18-7-13/h6-10,12H,3-5,11H2,1-2H3,(H,23,24)/t12-/m0/s1. The van der Waals surface area contributed by atoms with E-state index in [-0.39, 0.29) is 11.5 Å². The van der Waals surface area contributed by atoms with Gasteiger partial charge in [0, 0.05) is 57.3 Å². The highest BCUT2D eigenvalue weighted by atomic mass is 32.2. The molecule has 2 aromatic rings. The summed E-state index contributed by atoms with van der Waals surface area (Å²) in [7, 11) is -0.444. The predicted molar refractivity (Wildman–Crippen MR) is 98.4 cm³/mol. The van der Waals surface area contributed by atoms with Crippen molar-refractivity contribution in [3.8, 4) is 11.3 Å². The van der Waals surface area contributed by atoms with Gasteiger partial charge < -0.3 is 5.11 Å². The average Bonchev–Trinajstić information content (AvgIpc) is 2.68. The number of aromatic carboxylic acids is 1. The van der Waals surface area contributed by atoms with Gasteiger partial charge in [-0.25, -0.2) is 9.78 Å². The zero-order valence-corrected chi connectivity index (χ0v) is 15.9. The van der Waals surface area contributed by atoms with Gasteiger partial charge in [0.05, 0.1) is 23.1 Å². The van der Waals surface area contributed by atoms with Gasteiger partial charge in [0.25, 0.3) is 10.2 Å². The molecule has 3 rings (SSSR count). The van der Waals surface area contributed by atoms with Gasteiger partial charge in [-0.05, 0) is 18.9 Å². The van der Waals surface area contributed by atoms with Crippen LogP contribution in [0.2, 0.25) is 0 Å². The van der Waals surface area contributed by atoms with E-state index in [0.29, 0.717) is 30.0 Å². The van der Waals surface area contributed by atoms with Crippen LogP contribution in [0.15, 0.2) is 30.9 Å². The van der Waals surface area contributed by atoms with Crippen LogP contribution in [-0.4, -0.2) is 70.2 Å². The Morgan fingerprint density at radius 2 is 1.96 bits per heavy atom. The maximum Gasteiger partial charge on any atom is 0.337 e. The Kier molecular flexibility index (Phi) is 5.49. The molecule has 10 heteroatoms. The molecule has 144 valence electrons. The van der Waals surface area contributed by atoms with Crippen molar-refractivity contribution in [3.63, 3.8) is 0 Å². The Morgan fingerprint density at radius 3 is 2.67 bits per heavy atom. The number of nitrogens with zero attached hydrogens (tertiary/aromatic N) is 5. The summed E-state index contributed by atoms with van der Waals surface area (Å²) in [6, 6.07) is 1.49. The van der Waals surface area contributed by atoms with Crippen molar-refractivity contribution in [2.75, 3.05) is 27.2 Å². The monoisotopic (exact) mass is 391 g/mol. The zero-order valence-electron chi connectivity index (χ0n) is 15.1. The molecule has 0 aliphatic carbocycles. The number of aromatic nitrogens is 3. The number of carbonyl (C=O) groups is 1. The lowest BCUT2D eigenvalue weighted by molar-refractivity contribution is 0.0696. The van der Waals surface area contributed by atoms with Crippen molar-refractivity contribution in [2.45, 2.75) is 18.8 Å². The molecule has 0 aromatic carbocycles. The summed E-state index contributed by atoms with van der Waals surface area (Å²) >= 11 is 0. The van der Waals surface area contributed by atoms with Crippen molar-refractivity contribution in [3.05, 3.63) is 42.1 Å². The lowest BCUT2D eigenvalue weighted by Gasteiger charge is -2.33. The molecule has 27 heavy (non-hydrogen) atoms. The molecule has 3 heterocycles. The summed E-state index contributed by atoms with van der Waals surface area (Å²) < 4.78 is 27.5. The minimum absolute atomic E-state index is 0.0700. The minimum atomic E-state index is -3.48. The molecule has 1 N–H and O–H groups in total. The van der Waals surface area contributed by atoms with Gasteiger partial charge >= 0.3 is 5.97 Å². The van der Waals surface area contributed by atoms with E-state index in [9.17, 15) is 13.2 Å². The third-order valence-electron chi connectivity index (χ3n) is 4.52. The fraction of sp³-hybridized carbons (Fsp3) is 0.412. The largest absolute Gasteiger partial charge is 0.478 e. The third-order valence-corrected chi connectivity index (χ3v) is 6.43. The zero-order chi connectivity index (χ0) is 19.6. The van der Waals surface area contributed by atoms with Crippen LogP contribution in [0.5, 0.6) is 0 Å². The topological polar surface area (TPSA) is 117 Å². The van der Waals surface area contributed by atoms with Crippen molar-refractivity contribution < 1.29 is 18.3 Å². The first kappa shape index (κ1) is 19.3. The van der Waals surface area contributed by atoms with E-state index in [0.717, 1.165) is 12.8 Å². The summed E-state index contributed by atoms with van der Waals surface area (Å²) in [5.74, 6) is -1.14. The Morgan fingerprint density at radius 1 is 1.22 bits per heavy atom. The number of carboxylic acid groups (broad SMARTS) is 1. The first-order valence-corrected chi connectivity index (χ1v) is 9.87. The lowest BCUT2D eigenvalue weighted by Crippen LogP contribution is -2.45. The van der Waals surface area contributed by atoms with Gasteiger partial charge in [-0.1, -0.05) is 0 Å². The van der Waals surface area contributed by atoms with Crippen LogP contribution in [0.1, 0.15) is 34.8 Å². The van der Waals surface area contributed by atoms with E-state index in [1.807, 2.05) is 0 Å². The van der Waals surface area contributed by atoms with E-state index < -0.39 is 16.2 Å². The second-order valence-corrected chi connectivity index (χ2v) is 8.73. The maximum absolute atomic E-state index is 12.4. The molecule has 0 unspecified atom stereocenters. The number of piperidine rings is 1. The van der Waals surface area contributed by atoms with E-state index in [1.165, 1.54) is 41.2 Å². The molecule has 1 atom stereocenters. The number of pyridine rings is 1. The Balaban J connectivity index is 1.87. The van der Waals surface area contributed by atoms with Crippen LogP contribution < -0.4 is 0 Å². The quantitative estimate of drug-likeness (QED) is 0.814. The van der Waals surface area contributed by atoms with Crippen molar-refractivity contribution >= 4 is 16.2 Å². The Hall–Kier alpha value is -2.43. The molecule has 0 bridgehead atoms. The average molecular weight is 391 g/mol. The predicted octanol–water partition coefficient (Wildman–Crippen LogP) is 1.22. The van der Waals surface area contributed by atoms with Gasteiger partial charge in [-0.15, -0.1) is 0 Å². The summed E-state index contributed by atoms with van der Waals surface area (Å²) in [4.78, 5) is 23.9. The van der Waals surface area contributed by atoms with Crippen molar-refractivity contribution in [2.24, 2.45) is 0 Å². The summed E-state index contributed by atoms with van der Waals surface area (Å²) in [6.07, 6.45) is 7.53. The third kappa shape index (κ3) is 4.12. The van der Waals surface area contributed by atoms with E-state index >= 15 is 0 Å². The minimum Gasteiger partial charge on any atom is -0.478 e. The number of rotatable bonds is 5. The molecule has 0 spiro atoms. The Bertz CT molecular complexity index is 948. The van der Waals surface area contributed by atoms with E-state index in [2.05, 4.69) is 15.0 Å². The second kappa shape index (κ2) is 7.67. The first-order valence-electron chi connectivity index (χ1n) is 8.47. The van der Waals surface area contributed by atoms with Crippen molar-refractivity contribution in [1.82, 2.24) is 23.6 Å². The van der Waals surface area contributed by atoms with Crippen LogP contribution in [0.4, 0.5) is 0 Å². The fourth-order valence-electron chi connectivity index (χ4n) is 3.04. The highest BCUT2D eigenvalue weighted by molar-refractivity contribution is 7.86. The normalized spacial score (nSPS) is 18.6. The van der Waals surface area contributed by atoms with Crippen LogP contribution in [0.25, 0.3) is 11.3 Å². The lowest BCUT2D eigenvalue weighted by atomic mass is 9.96. The first-order chi connectivity index (χ1) is 12.8. The van der Waals surface area contributed by atoms with Crippen LogP contribution >= 0.6 is 0 Å². The van der Waals surface area contributed by atoms with Crippen LogP contribution in [0, 0.1) is 0 Å². The van der Waals surface area contributed by atoms with E-state index in [4.69, 9.17) is 5.11 Å². The number of hydrogen-bond acceptors (Lipinski definition) is 6. The van der Waals surface area contributed by atoms with Gasteiger partial charge in [0.15, 0.2) is 0 Å². The molecule has 1 saturated heterocycles. The van der Waals surface area contributed by atoms with Gasteiger partial charge in [0.2, 0.25) is 0 Å². The molecule has 2 aromatic heterocycles. The molecule has 0 saturated carbocycles. The molecular formula is C17H21N5O4S. The molecule has 0 radical (unpaired) electrons. The molecular weight excluding hydrogens is 370 g/mol. The smallest absolute Gasteiger partial charge is 0.337 e. The highest BCUT2D eigenvalue weighted by Gasteiger charge is 2.31. The van der Waals surface area contributed by atoms with Crippen LogP contribution in [-0.2, 0) is 10.2 Å². The van der Waals surface area contributed by atoms with Gasteiger partial charge in [-0.3, -0.25) is 9.97 Å². The molecule has 1 aliphatic rings. The summed E-state index contributed by atoms with van der Waals surface area (Å²) in [5.41, 5.74) is 1.82. The second-order valence-electron chi connectivity index (χ2n) is 6.58. The fourth-order valence-corrected chi connectivity index (χ4v) is 4.23. The van der Waals surface area contributed by atoms with Crippen molar-refractivity contribution in [1.29, 1.82) is 0 Å². The number of hydrogen-bond donors (Lipinski definition) is 1. The number of carboxylic acids is 1. The molecule has 1 aliphatic heterocycles. The maximum atomic E-state index is 12.4. The Labute approximate surface area is 157 Å². The van der Waals surface area contributed by atoms with Gasteiger partial charge in [-0.2, -0.15) is 17.0 Å². The summed E-state index contributed by atoms with van der Waals surface area (Å²) in [5, 5.41) is 9.12.